The molecule has 0 aliphatic carbocycles. The first kappa shape index (κ1) is 27.4. The summed E-state index contributed by atoms with van der Waals surface area (Å²) in [5.74, 6) is 1.21. The predicted octanol–water partition coefficient (Wildman–Crippen LogP) is 5.46. The maximum atomic E-state index is 14.1. The summed E-state index contributed by atoms with van der Waals surface area (Å²) in [4.78, 5) is 35.7. The van der Waals surface area contributed by atoms with Crippen LogP contribution in [-0.2, 0) is 27.3 Å². The van der Waals surface area contributed by atoms with Crippen molar-refractivity contribution in [2.45, 2.75) is 46.1 Å². The predicted molar refractivity (Wildman–Crippen MR) is 157 cm³/mol. The van der Waals surface area contributed by atoms with Crippen molar-refractivity contribution in [2.75, 3.05) is 36.8 Å². The van der Waals surface area contributed by atoms with E-state index in [9.17, 15) is 9.59 Å². The Hall–Kier alpha value is -4.17. The minimum atomic E-state index is -0.163. The molecule has 0 radical (unpaired) electrons. The van der Waals surface area contributed by atoms with Gasteiger partial charge in [0, 0.05) is 37.2 Å². The van der Waals surface area contributed by atoms with Crippen molar-refractivity contribution in [2.24, 2.45) is 0 Å². The molecule has 1 fully saturated rings. The first-order valence-corrected chi connectivity index (χ1v) is 13.8. The summed E-state index contributed by atoms with van der Waals surface area (Å²) >= 11 is 0. The largest absolute Gasteiger partial charge is 0.497 e. The van der Waals surface area contributed by atoms with Crippen molar-refractivity contribution in [3.8, 4) is 5.75 Å². The van der Waals surface area contributed by atoms with Gasteiger partial charge in [-0.25, -0.2) is 4.98 Å². The van der Waals surface area contributed by atoms with Gasteiger partial charge >= 0.3 is 0 Å². The fourth-order valence-corrected chi connectivity index (χ4v) is 5.54. The number of hydrogen-bond acceptors (Lipinski definition) is 5. The third-order valence-corrected chi connectivity index (χ3v) is 7.53. The number of fused-ring (bicyclic) bond motifs is 1. The Kier molecular flexibility index (Phi) is 8.16. The van der Waals surface area contributed by atoms with Crippen LogP contribution in [0.2, 0.25) is 0 Å². The lowest BCUT2D eigenvalue weighted by atomic mass is 10.0. The van der Waals surface area contributed by atoms with Crippen molar-refractivity contribution in [1.29, 1.82) is 0 Å². The molecule has 40 heavy (non-hydrogen) atoms. The number of imidazole rings is 1. The van der Waals surface area contributed by atoms with Crippen LogP contribution >= 0.6 is 0 Å². The van der Waals surface area contributed by atoms with Gasteiger partial charge in [0.15, 0.2) is 0 Å². The van der Waals surface area contributed by atoms with Crippen molar-refractivity contribution in [3.05, 3.63) is 83.7 Å². The van der Waals surface area contributed by atoms with E-state index >= 15 is 0 Å². The number of aryl methyl sites for hydroxylation is 2. The van der Waals surface area contributed by atoms with Crippen LogP contribution < -0.4 is 14.5 Å². The summed E-state index contributed by atoms with van der Waals surface area (Å²) < 4.78 is 13.1. The lowest BCUT2D eigenvalue weighted by Crippen LogP contribution is -2.37. The second-order valence-corrected chi connectivity index (χ2v) is 10.0. The number of carbonyl (C=O) groups excluding carboxylic acids is 2. The summed E-state index contributed by atoms with van der Waals surface area (Å²) in [5, 5.41) is 0. The van der Waals surface area contributed by atoms with E-state index in [1.165, 1.54) is 0 Å². The lowest BCUT2D eigenvalue weighted by molar-refractivity contribution is -0.120. The average molecular weight is 541 g/mol. The number of aromatic nitrogens is 2. The van der Waals surface area contributed by atoms with Crippen molar-refractivity contribution < 1.29 is 19.1 Å². The second-order valence-electron chi connectivity index (χ2n) is 10.0. The minimum absolute atomic E-state index is 0.0219. The van der Waals surface area contributed by atoms with Gasteiger partial charge in [-0.05, 0) is 55.7 Å². The Bertz CT molecular complexity index is 1530. The maximum Gasteiger partial charge on any atom is 0.248 e. The number of ether oxygens (including phenoxy) is 2. The van der Waals surface area contributed by atoms with Crippen molar-refractivity contribution >= 4 is 34.2 Å². The number of anilines is 2. The van der Waals surface area contributed by atoms with E-state index in [0.29, 0.717) is 25.3 Å². The Morgan fingerprint density at radius 2 is 1.88 bits per heavy atom. The quantitative estimate of drug-likeness (QED) is 0.250. The highest BCUT2D eigenvalue weighted by Gasteiger charge is 2.35. The highest BCUT2D eigenvalue weighted by atomic mass is 16.5. The average Bonchev–Trinajstić information content (AvgIpc) is 3.54. The van der Waals surface area contributed by atoms with E-state index in [2.05, 4.69) is 13.0 Å². The van der Waals surface area contributed by atoms with Crippen LogP contribution in [0, 0.1) is 6.92 Å². The Morgan fingerprint density at radius 3 is 2.65 bits per heavy atom. The van der Waals surface area contributed by atoms with Crippen LogP contribution in [0.4, 0.5) is 11.4 Å². The van der Waals surface area contributed by atoms with Crippen LogP contribution in [0.25, 0.3) is 11.0 Å². The molecule has 2 heterocycles. The molecular weight excluding hydrogens is 504 g/mol. The summed E-state index contributed by atoms with van der Waals surface area (Å²) in [5.41, 5.74) is 5.49. The van der Waals surface area contributed by atoms with Gasteiger partial charge in [0.25, 0.3) is 0 Å². The van der Waals surface area contributed by atoms with E-state index < -0.39 is 0 Å². The standard InChI is InChI=1S/C32H36N4O4/c1-5-23-12-9-11-22(3)31(23)36(21-40-6-2)30(38)20-35-28-16-8-7-15-27(28)33-32(35)24-17-29(37)34(19-24)25-13-10-14-26(18-25)39-4/h7-16,18,24H,5-6,17,19-21H2,1-4H3/t24-/m1/s1. The molecule has 0 spiro atoms. The zero-order valence-corrected chi connectivity index (χ0v) is 23.6. The molecule has 1 aliphatic rings. The molecule has 1 aliphatic heterocycles. The smallest absolute Gasteiger partial charge is 0.248 e. The van der Waals surface area contributed by atoms with Crippen molar-refractivity contribution in [1.82, 2.24) is 9.55 Å². The van der Waals surface area contributed by atoms with Gasteiger partial charge in [0.1, 0.15) is 24.8 Å². The second kappa shape index (κ2) is 11.9. The normalized spacial score (nSPS) is 15.2. The number of rotatable bonds is 10. The van der Waals surface area contributed by atoms with Gasteiger partial charge in [-0.15, -0.1) is 0 Å². The Balaban J connectivity index is 1.50. The van der Waals surface area contributed by atoms with Gasteiger partial charge in [-0.3, -0.25) is 14.5 Å². The molecule has 1 saturated heterocycles. The molecule has 0 bridgehead atoms. The molecule has 0 unspecified atom stereocenters. The number of methoxy groups -OCH3 is 1. The SMILES string of the molecule is CCOCN(C(=O)Cn1c([C@@H]2CC(=O)N(c3cccc(OC)c3)C2)nc2ccccc21)c1c(C)cccc1CC. The zero-order valence-electron chi connectivity index (χ0n) is 23.6. The number of carbonyl (C=O) groups is 2. The molecule has 8 nitrogen and oxygen atoms in total. The van der Waals surface area contributed by atoms with Gasteiger partial charge in [0.05, 0.1) is 23.8 Å². The molecule has 208 valence electrons. The number of hydrogen-bond donors (Lipinski definition) is 0. The third kappa shape index (κ3) is 5.31. The monoisotopic (exact) mass is 540 g/mol. The van der Waals surface area contributed by atoms with Crippen LogP contribution in [0.3, 0.4) is 0 Å². The summed E-state index contributed by atoms with van der Waals surface area (Å²) in [6, 6.07) is 21.4. The van der Waals surface area contributed by atoms with E-state index in [0.717, 1.165) is 45.8 Å². The molecule has 8 heteroatoms. The number of benzene rings is 3. The number of amides is 2. The van der Waals surface area contributed by atoms with Crippen LogP contribution in [0.15, 0.2) is 66.7 Å². The molecule has 1 atom stereocenters. The molecular formula is C32H36N4O4. The molecule has 2 amide bonds. The highest BCUT2D eigenvalue weighted by Crippen LogP contribution is 2.35. The Labute approximate surface area is 235 Å². The minimum Gasteiger partial charge on any atom is -0.497 e. The molecule has 0 N–H and O–H groups in total. The topological polar surface area (TPSA) is 76.9 Å². The van der Waals surface area contributed by atoms with Gasteiger partial charge in [0.2, 0.25) is 11.8 Å². The molecule has 5 rings (SSSR count). The van der Waals surface area contributed by atoms with Crippen LogP contribution in [-0.4, -0.2) is 48.4 Å². The van der Waals surface area contributed by atoms with E-state index in [1.54, 1.807) is 16.9 Å². The van der Waals surface area contributed by atoms with E-state index in [4.69, 9.17) is 14.5 Å². The summed E-state index contributed by atoms with van der Waals surface area (Å²) in [6.45, 7) is 7.27. The Morgan fingerprint density at radius 1 is 1.07 bits per heavy atom. The van der Waals surface area contributed by atoms with Gasteiger partial charge in [-0.1, -0.05) is 43.3 Å². The van der Waals surface area contributed by atoms with Gasteiger partial charge in [-0.2, -0.15) is 0 Å². The fourth-order valence-electron chi connectivity index (χ4n) is 5.54. The maximum absolute atomic E-state index is 14.1. The lowest BCUT2D eigenvalue weighted by Gasteiger charge is -2.27. The van der Waals surface area contributed by atoms with Gasteiger partial charge < -0.3 is 18.9 Å². The summed E-state index contributed by atoms with van der Waals surface area (Å²) in [6.07, 6.45) is 1.12. The molecule has 1 aromatic heterocycles. The fraction of sp³-hybridized carbons (Fsp3) is 0.344. The van der Waals surface area contributed by atoms with Crippen LogP contribution in [0.5, 0.6) is 5.75 Å². The molecule has 0 saturated carbocycles. The van der Waals surface area contributed by atoms with E-state index in [1.807, 2.05) is 79.1 Å². The van der Waals surface area contributed by atoms with Crippen molar-refractivity contribution in [3.63, 3.8) is 0 Å². The first-order valence-electron chi connectivity index (χ1n) is 13.8. The molecule has 4 aromatic rings. The number of para-hydroxylation sites is 3. The third-order valence-electron chi connectivity index (χ3n) is 7.53. The number of nitrogens with zero attached hydrogens (tertiary/aromatic N) is 4. The zero-order chi connectivity index (χ0) is 28.2. The van der Waals surface area contributed by atoms with Crippen LogP contribution in [0.1, 0.15) is 43.1 Å². The summed E-state index contributed by atoms with van der Waals surface area (Å²) in [7, 11) is 1.61. The van der Waals surface area contributed by atoms with E-state index in [-0.39, 0.29) is 31.0 Å². The first-order chi connectivity index (χ1) is 19.4. The highest BCUT2D eigenvalue weighted by molar-refractivity contribution is 5.97. The molecule has 3 aromatic carbocycles.